The molecule has 0 radical (unpaired) electrons. The third-order valence-corrected chi connectivity index (χ3v) is 2.71. The molecule has 1 N–H and O–H groups in total. The molecule has 3 nitrogen and oxygen atoms in total. The summed E-state index contributed by atoms with van der Waals surface area (Å²) in [4.78, 5) is 14.0. The molecule has 3 heteroatoms. The highest BCUT2D eigenvalue weighted by Gasteiger charge is 2.06. The first-order valence-corrected chi connectivity index (χ1v) is 6.10. The van der Waals surface area contributed by atoms with E-state index in [0.717, 1.165) is 37.1 Å². The van der Waals surface area contributed by atoms with Crippen LogP contribution >= 0.6 is 0 Å². The standard InChI is InChI=1S/C14H22N2O/c1-12-8-4-5-9-13(12)14(17)15-10-6-7-11-16(2)3/h4-5,8-9H,6-7,10-11H2,1-3H3,(H,15,17). The van der Waals surface area contributed by atoms with Crippen LogP contribution in [0, 0.1) is 6.92 Å². The summed E-state index contributed by atoms with van der Waals surface area (Å²) in [6.45, 7) is 3.78. The molecule has 0 bridgehead atoms. The van der Waals surface area contributed by atoms with Gasteiger partial charge in [0, 0.05) is 12.1 Å². The van der Waals surface area contributed by atoms with Crippen LogP contribution in [0.3, 0.4) is 0 Å². The Hall–Kier alpha value is -1.35. The van der Waals surface area contributed by atoms with E-state index >= 15 is 0 Å². The van der Waals surface area contributed by atoms with E-state index in [1.807, 2.05) is 31.2 Å². The van der Waals surface area contributed by atoms with Crippen molar-refractivity contribution < 1.29 is 4.79 Å². The number of carbonyl (C=O) groups is 1. The highest BCUT2D eigenvalue weighted by atomic mass is 16.1. The van der Waals surface area contributed by atoms with Gasteiger partial charge in [-0.3, -0.25) is 4.79 Å². The highest BCUT2D eigenvalue weighted by Crippen LogP contribution is 2.06. The van der Waals surface area contributed by atoms with Crippen LogP contribution in [0.15, 0.2) is 24.3 Å². The number of aryl methyl sites for hydroxylation is 1. The summed E-state index contributed by atoms with van der Waals surface area (Å²) in [5, 5.41) is 2.96. The first kappa shape index (κ1) is 13.7. The zero-order valence-corrected chi connectivity index (χ0v) is 11.0. The van der Waals surface area contributed by atoms with Gasteiger partial charge in [-0.2, -0.15) is 0 Å². The molecule has 1 amide bonds. The molecule has 0 aliphatic heterocycles. The maximum absolute atomic E-state index is 11.8. The zero-order chi connectivity index (χ0) is 12.7. The van der Waals surface area contributed by atoms with Crippen LogP contribution in [-0.2, 0) is 0 Å². The summed E-state index contributed by atoms with van der Waals surface area (Å²) >= 11 is 0. The molecule has 17 heavy (non-hydrogen) atoms. The minimum atomic E-state index is 0.0351. The van der Waals surface area contributed by atoms with E-state index in [2.05, 4.69) is 24.3 Å². The number of rotatable bonds is 6. The van der Waals surface area contributed by atoms with Gasteiger partial charge in [0.15, 0.2) is 0 Å². The Balaban J connectivity index is 2.29. The highest BCUT2D eigenvalue weighted by molar-refractivity contribution is 5.95. The van der Waals surface area contributed by atoms with E-state index in [0.29, 0.717) is 0 Å². The van der Waals surface area contributed by atoms with Crippen LogP contribution < -0.4 is 5.32 Å². The van der Waals surface area contributed by atoms with Crippen molar-refractivity contribution in [3.8, 4) is 0 Å². The Morgan fingerprint density at radius 2 is 1.94 bits per heavy atom. The molecular formula is C14H22N2O. The molecule has 0 aliphatic carbocycles. The SMILES string of the molecule is Cc1ccccc1C(=O)NCCCCN(C)C. The largest absolute Gasteiger partial charge is 0.352 e. The molecule has 1 rings (SSSR count). The van der Waals surface area contributed by atoms with Crippen LogP contribution in [0.2, 0.25) is 0 Å². The summed E-state index contributed by atoms with van der Waals surface area (Å²) in [6, 6.07) is 7.67. The normalized spacial score (nSPS) is 10.6. The van der Waals surface area contributed by atoms with Gasteiger partial charge < -0.3 is 10.2 Å². The Morgan fingerprint density at radius 1 is 1.24 bits per heavy atom. The van der Waals surface area contributed by atoms with Crippen LogP contribution in [0.1, 0.15) is 28.8 Å². The molecule has 0 fully saturated rings. The van der Waals surface area contributed by atoms with Gasteiger partial charge in [0.25, 0.3) is 5.91 Å². The van der Waals surface area contributed by atoms with Crippen molar-refractivity contribution >= 4 is 5.91 Å². The van der Waals surface area contributed by atoms with E-state index in [1.54, 1.807) is 0 Å². The molecule has 0 unspecified atom stereocenters. The zero-order valence-electron chi connectivity index (χ0n) is 11.0. The fourth-order valence-corrected chi connectivity index (χ4v) is 1.68. The molecule has 0 atom stereocenters. The van der Waals surface area contributed by atoms with Gasteiger partial charge >= 0.3 is 0 Å². The summed E-state index contributed by atoms with van der Waals surface area (Å²) in [5.74, 6) is 0.0351. The maximum Gasteiger partial charge on any atom is 0.251 e. The maximum atomic E-state index is 11.8. The molecule has 1 aromatic carbocycles. The van der Waals surface area contributed by atoms with Crippen LogP contribution in [0.5, 0.6) is 0 Å². The van der Waals surface area contributed by atoms with Gasteiger partial charge in [-0.1, -0.05) is 18.2 Å². The van der Waals surface area contributed by atoms with E-state index in [1.165, 1.54) is 0 Å². The van der Waals surface area contributed by atoms with Crippen molar-refractivity contribution in [2.45, 2.75) is 19.8 Å². The molecule has 0 saturated carbocycles. The van der Waals surface area contributed by atoms with Gasteiger partial charge in [0.1, 0.15) is 0 Å². The van der Waals surface area contributed by atoms with Gasteiger partial charge in [-0.05, 0) is 52.0 Å². The Bertz CT molecular complexity index is 361. The lowest BCUT2D eigenvalue weighted by molar-refractivity contribution is 0.0952. The van der Waals surface area contributed by atoms with Crippen molar-refractivity contribution in [1.29, 1.82) is 0 Å². The number of nitrogens with one attached hydrogen (secondary N) is 1. The predicted octanol–water partition coefficient (Wildman–Crippen LogP) is 2.07. The second-order valence-corrected chi connectivity index (χ2v) is 4.58. The number of hydrogen-bond donors (Lipinski definition) is 1. The number of nitrogens with zero attached hydrogens (tertiary/aromatic N) is 1. The Morgan fingerprint density at radius 3 is 2.59 bits per heavy atom. The van der Waals surface area contributed by atoms with Crippen molar-refractivity contribution in [2.75, 3.05) is 27.2 Å². The molecule has 0 heterocycles. The van der Waals surface area contributed by atoms with Gasteiger partial charge in [-0.15, -0.1) is 0 Å². The number of carbonyl (C=O) groups excluding carboxylic acids is 1. The predicted molar refractivity (Wildman–Crippen MR) is 71.3 cm³/mol. The smallest absolute Gasteiger partial charge is 0.251 e. The molecule has 1 aromatic rings. The van der Waals surface area contributed by atoms with Crippen molar-refractivity contribution in [2.24, 2.45) is 0 Å². The number of amides is 1. The van der Waals surface area contributed by atoms with E-state index in [9.17, 15) is 4.79 Å². The van der Waals surface area contributed by atoms with Crippen molar-refractivity contribution in [3.05, 3.63) is 35.4 Å². The average molecular weight is 234 g/mol. The third kappa shape index (κ3) is 5.00. The van der Waals surface area contributed by atoms with Crippen LogP contribution in [0.4, 0.5) is 0 Å². The lowest BCUT2D eigenvalue weighted by Gasteiger charge is -2.10. The quantitative estimate of drug-likeness (QED) is 0.764. The topological polar surface area (TPSA) is 32.3 Å². The van der Waals surface area contributed by atoms with E-state index in [-0.39, 0.29) is 5.91 Å². The summed E-state index contributed by atoms with van der Waals surface area (Å²) in [7, 11) is 4.12. The first-order chi connectivity index (χ1) is 8.11. The minimum Gasteiger partial charge on any atom is -0.352 e. The van der Waals surface area contributed by atoms with Gasteiger partial charge in [0.05, 0.1) is 0 Å². The van der Waals surface area contributed by atoms with Crippen molar-refractivity contribution in [3.63, 3.8) is 0 Å². The second kappa shape index (κ2) is 7.07. The summed E-state index contributed by atoms with van der Waals surface area (Å²) in [6.07, 6.45) is 2.14. The first-order valence-electron chi connectivity index (χ1n) is 6.10. The number of unbranched alkanes of at least 4 members (excludes halogenated alkanes) is 1. The van der Waals surface area contributed by atoms with E-state index in [4.69, 9.17) is 0 Å². The molecule has 0 saturated heterocycles. The van der Waals surface area contributed by atoms with Crippen molar-refractivity contribution in [1.82, 2.24) is 10.2 Å². The van der Waals surface area contributed by atoms with Crippen LogP contribution in [0.25, 0.3) is 0 Å². The molecule has 0 aromatic heterocycles. The van der Waals surface area contributed by atoms with Gasteiger partial charge in [-0.25, -0.2) is 0 Å². The molecule has 0 spiro atoms. The molecular weight excluding hydrogens is 212 g/mol. The van der Waals surface area contributed by atoms with Crippen LogP contribution in [-0.4, -0.2) is 38.0 Å². The number of benzene rings is 1. The Kier molecular flexibility index (Phi) is 5.70. The fourth-order valence-electron chi connectivity index (χ4n) is 1.68. The molecule has 0 aliphatic rings. The van der Waals surface area contributed by atoms with Gasteiger partial charge in [0.2, 0.25) is 0 Å². The lowest BCUT2D eigenvalue weighted by atomic mass is 10.1. The Labute approximate surface area is 104 Å². The average Bonchev–Trinajstić information content (AvgIpc) is 2.28. The summed E-state index contributed by atoms with van der Waals surface area (Å²) < 4.78 is 0. The fraction of sp³-hybridized carbons (Fsp3) is 0.500. The minimum absolute atomic E-state index is 0.0351. The summed E-state index contributed by atoms with van der Waals surface area (Å²) in [5.41, 5.74) is 1.80. The monoisotopic (exact) mass is 234 g/mol. The lowest BCUT2D eigenvalue weighted by Crippen LogP contribution is -2.25. The van der Waals surface area contributed by atoms with E-state index < -0.39 is 0 Å². The third-order valence-electron chi connectivity index (χ3n) is 2.71. The second-order valence-electron chi connectivity index (χ2n) is 4.58. The molecule has 94 valence electrons. The number of hydrogen-bond acceptors (Lipinski definition) is 2.